The first-order valence-electron chi connectivity index (χ1n) is 8.02. The predicted molar refractivity (Wildman–Crippen MR) is 88.2 cm³/mol. The third-order valence-electron chi connectivity index (χ3n) is 4.39. The van der Waals surface area contributed by atoms with E-state index in [9.17, 15) is 9.59 Å². The van der Waals surface area contributed by atoms with E-state index in [-0.39, 0.29) is 11.6 Å². The fourth-order valence-electron chi connectivity index (χ4n) is 2.61. The lowest BCUT2D eigenvalue weighted by molar-refractivity contribution is -0.116. The van der Waals surface area contributed by atoms with Gasteiger partial charge in [-0.2, -0.15) is 0 Å². The van der Waals surface area contributed by atoms with Crippen molar-refractivity contribution in [3.05, 3.63) is 33.9 Å². The molecule has 0 fully saturated rings. The Kier molecular flexibility index (Phi) is 6.80. The van der Waals surface area contributed by atoms with Gasteiger partial charge in [-0.15, -0.1) is 0 Å². The van der Waals surface area contributed by atoms with E-state index in [0.29, 0.717) is 28.7 Å². The molecule has 2 nitrogen and oxygen atoms in total. The summed E-state index contributed by atoms with van der Waals surface area (Å²) in [7, 11) is 0. The zero-order valence-corrected chi connectivity index (χ0v) is 14.1. The topological polar surface area (TPSA) is 34.1 Å². The molecule has 0 atom stereocenters. The summed E-state index contributed by atoms with van der Waals surface area (Å²) in [6.07, 6.45) is 8.79. The number of Topliss-reactive ketones (excluding diaryl/α,β-unsaturated/α-hetero) is 2. The van der Waals surface area contributed by atoms with E-state index in [2.05, 4.69) is 19.9 Å². The highest BCUT2D eigenvalue weighted by Crippen LogP contribution is 2.27. The smallest absolute Gasteiger partial charge is 0.185 e. The van der Waals surface area contributed by atoms with E-state index >= 15 is 0 Å². The molecule has 21 heavy (non-hydrogen) atoms. The van der Waals surface area contributed by atoms with Gasteiger partial charge in [-0.3, -0.25) is 9.59 Å². The van der Waals surface area contributed by atoms with Gasteiger partial charge in [0.15, 0.2) is 11.6 Å². The van der Waals surface area contributed by atoms with Crippen LogP contribution >= 0.6 is 0 Å². The Morgan fingerprint density at radius 1 is 0.905 bits per heavy atom. The molecule has 0 saturated carbocycles. The molecule has 1 rings (SSSR count). The zero-order valence-electron chi connectivity index (χ0n) is 14.1. The van der Waals surface area contributed by atoms with Gasteiger partial charge >= 0.3 is 0 Å². The summed E-state index contributed by atoms with van der Waals surface area (Å²) in [5, 5.41) is 0. The highest BCUT2D eigenvalue weighted by molar-refractivity contribution is 6.24. The van der Waals surface area contributed by atoms with Gasteiger partial charge in [0.25, 0.3) is 0 Å². The summed E-state index contributed by atoms with van der Waals surface area (Å²) >= 11 is 0. The van der Waals surface area contributed by atoms with Gasteiger partial charge in [0.05, 0.1) is 0 Å². The largest absolute Gasteiger partial charge is 0.289 e. The minimum absolute atomic E-state index is 0.0242. The first kappa shape index (κ1) is 17.6. The fraction of sp³-hybridized carbons (Fsp3) is 0.579. The number of hydrogen-bond acceptors (Lipinski definition) is 2. The lowest BCUT2D eigenvalue weighted by atomic mass is 9.84. The van der Waals surface area contributed by atoms with Gasteiger partial charge in [-0.1, -0.05) is 37.8 Å². The summed E-state index contributed by atoms with van der Waals surface area (Å²) in [4.78, 5) is 24.4. The molecule has 0 aliphatic heterocycles. The molecule has 0 spiro atoms. The second-order valence-electron chi connectivity index (χ2n) is 6.08. The van der Waals surface area contributed by atoms with Crippen LogP contribution in [-0.4, -0.2) is 11.6 Å². The van der Waals surface area contributed by atoms with Crippen molar-refractivity contribution in [1.29, 1.82) is 0 Å². The molecule has 1 aliphatic rings. The van der Waals surface area contributed by atoms with E-state index < -0.39 is 0 Å². The van der Waals surface area contributed by atoms with Crippen LogP contribution in [0.5, 0.6) is 0 Å². The van der Waals surface area contributed by atoms with Crippen LogP contribution in [-0.2, 0) is 9.59 Å². The molecule has 0 saturated heterocycles. The second kappa shape index (κ2) is 8.11. The molecule has 1 aliphatic carbocycles. The molecule has 2 heteroatoms. The molecule has 116 valence electrons. The summed E-state index contributed by atoms with van der Waals surface area (Å²) in [5.74, 6) is 0.0655. The number of hydrogen-bond donors (Lipinski definition) is 0. The Morgan fingerprint density at radius 3 is 2.14 bits per heavy atom. The van der Waals surface area contributed by atoms with Crippen molar-refractivity contribution < 1.29 is 9.59 Å². The molecular formula is C19H28O2. The maximum atomic E-state index is 12.3. The molecule has 0 heterocycles. The number of carbonyl (C=O) groups excluding carboxylic acids is 2. The van der Waals surface area contributed by atoms with Crippen LogP contribution in [0.1, 0.15) is 73.1 Å². The molecule has 0 radical (unpaired) electrons. The quantitative estimate of drug-likeness (QED) is 0.371. The van der Waals surface area contributed by atoms with Gasteiger partial charge in [0, 0.05) is 22.3 Å². The normalized spacial score (nSPS) is 17.1. The summed E-state index contributed by atoms with van der Waals surface area (Å²) in [6.45, 7) is 9.59. The molecule has 0 amide bonds. The molecule has 0 unspecified atom stereocenters. The van der Waals surface area contributed by atoms with Crippen LogP contribution in [0.15, 0.2) is 33.9 Å². The maximum absolute atomic E-state index is 12.3. The Labute approximate surface area is 129 Å². The first-order chi connectivity index (χ1) is 9.90. The number of rotatable bonds is 7. The third-order valence-corrected chi connectivity index (χ3v) is 4.39. The predicted octanol–water partition coefficient (Wildman–Crippen LogP) is 5.10. The fourth-order valence-corrected chi connectivity index (χ4v) is 2.61. The Balaban J connectivity index is 2.70. The number of carbonyl (C=O) groups is 2. The van der Waals surface area contributed by atoms with Crippen LogP contribution < -0.4 is 0 Å². The number of allylic oxidation sites excluding steroid dienone is 6. The van der Waals surface area contributed by atoms with E-state index in [1.54, 1.807) is 20.8 Å². The SMILES string of the molecule is CCCCCC/C(C)=C/CC1=C(C)C(=O)C(C)=C(C)C1=O. The van der Waals surface area contributed by atoms with Gasteiger partial charge in [0.1, 0.15) is 0 Å². The monoisotopic (exact) mass is 288 g/mol. The van der Waals surface area contributed by atoms with Gasteiger partial charge in [-0.05, 0) is 47.0 Å². The van der Waals surface area contributed by atoms with E-state index in [4.69, 9.17) is 0 Å². The van der Waals surface area contributed by atoms with Crippen molar-refractivity contribution in [2.24, 2.45) is 0 Å². The first-order valence-corrected chi connectivity index (χ1v) is 8.02. The Hall–Kier alpha value is -1.44. The maximum Gasteiger partial charge on any atom is 0.185 e. The lowest BCUT2D eigenvalue weighted by Gasteiger charge is -2.17. The average molecular weight is 288 g/mol. The molecular weight excluding hydrogens is 260 g/mol. The minimum atomic E-state index is 0.0242. The highest BCUT2D eigenvalue weighted by atomic mass is 16.1. The third kappa shape index (κ3) is 4.52. The molecule has 0 aromatic carbocycles. The standard InChI is InChI=1S/C19H28O2/c1-6-7-8-9-10-13(2)11-12-17-16(5)18(20)14(3)15(4)19(17)21/h11H,6-10,12H2,1-5H3/b13-11+. The van der Waals surface area contributed by atoms with Crippen molar-refractivity contribution in [1.82, 2.24) is 0 Å². The Morgan fingerprint density at radius 2 is 1.52 bits per heavy atom. The average Bonchev–Trinajstić information content (AvgIpc) is 2.47. The van der Waals surface area contributed by atoms with Crippen molar-refractivity contribution >= 4 is 11.6 Å². The Bertz CT molecular complexity index is 516. The molecule has 0 aromatic rings. The molecule has 0 aromatic heterocycles. The van der Waals surface area contributed by atoms with Crippen molar-refractivity contribution in [2.75, 3.05) is 0 Å². The van der Waals surface area contributed by atoms with Crippen LogP contribution in [0, 0.1) is 0 Å². The van der Waals surface area contributed by atoms with Crippen molar-refractivity contribution in [3.8, 4) is 0 Å². The summed E-state index contributed by atoms with van der Waals surface area (Å²) in [6, 6.07) is 0. The van der Waals surface area contributed by atoms with Crippen molar-refractivity contribution in [2.45, 2.75) is 73.1 Å². The van der Waals surface area contributed by atoms with E-state index in [1.165, 1.54) is 31.3 Å². The van der Waals surface area contributed by atoms with Gasteiger partial charge < -0.3 is 0 Å². The molecule has 0 N–H and O–H groups in total. The van der Waals surface area contributed by atoms with Crippen molar-refractivity contribution in [3.63, 3.8) is 0 Å². The lowest BCUT2D eigenvalue weighted by Crippen LogP contribution is -2.20. The number of ketones is 2. The summed E-state index contributed by atoms with van der Waals surface area (Å²) < 4.78 is 0. The van der Waals surface area contributed by atoms with Crippen LogP contribution in [0.4, 0.5) is 0 Å². The summed E-state index contributed by atoms with van der Waals surface area (Å²) in [5.41, 5.74) is 3.82. The minimum Gasteiger partial charge on any atom is -0.289 e. The van der Waals surface area contributed by atoms with E-state index in [0.717, 1.165) is 6.42 Å². The second-order valence-corrected chi connectivity index (χ2v) is 6.08. The molecule has 0 bridgehead atoms. The van der Waals surface area contributed by atoms with Gasteiger partial charge in [-0.25, -0.2) is 0 Å². The highest BCUT2D eigenvalue weighted by Gasteiger charge is 2.26. The number of unbranched alkanes of at least 4 members (excludes halogenated alkanes) is 3. The van der Waals surface area contributed by atoms with Crippen LogP contribution in [0.3, 0.4) is 0 Å². The van der Waals surface area contributed by atoms with Gasteiger partial charge in [0.2, 0.25) is 0 Å². The van der Waals surface area contributed by atoms with Crippen LogP contribution in [0.25, 0.3) is 0 Å². The van der Waals surface area contributed by atoms with E-state index in [1.807, 2.05) is 0 Å². The van der Waals surface area contributed by atoms with Crippen LogP contribution in [0.2, 0.25) is 0 Å². The zero-order chi connectivity index (χ0) is 16.0.